The zero-order valence-corrected chi connectivity index (χ0v) is 24.3. The first-order valence-electron chi connectivity index (χ1n) is 14.6. The quantitative estimate of drug-likeness (QED) is 0.184. The molecule has 3 aromatic carbocycles. The zero-order valence-electron chi connectivity index (χ0n) is 24.3. The van der Waals surface area contributed by atoms with Gasteiger partial charge < -0.3 is 31.8 Å². The number of hydrogen-bond donors (Lipinski definition) is 5. The maximum absolute atomic E-state index is 14.0. The van der Waals surface area contributed by atoms with Crippen molar-refractivity contribution in [2.45, 2.75) is 70.6 Å². The van der Waals surface area contributed by atoms with Crippen LogP contribution in [0.15, 0.2) is 60.7 Å². The number of unbranched alkanes of at least 4 members (excludes halogenated alkanes) is 1. The Morgan fingerprint density at radius 2 is 1.76 bits per heavy atom. The highest BCUT2D eigenvalue weighted by atomic mass is 16.3. The number of para-hydroxylation sites is 2. The van der Waals surface area contributed by atoms with Gasteiger partial charge in [-0.25, -0.2) is 4.98 Å². The molecule has 0 unspecified atom stereocenters. The van der Waals surface area contributed by atoms with E-state index in [1.54, 1.807) is 17.0 Å². The number of aromatic hydroxyl groups is 1. The van der Waals surface area contributed by atoms with Crippen molar-refractivity contribution < 1.29 is 14.7 Å². The second kappa shape index (κ2) is 12.8. The summed E-state index contributed by atoms with van der Waals surface area (Å²) in [5.41, 5.74) is 18.8. The third-order valence-electron chi connectivity index (χ3n) is 8.26. The van der Waals surface area contributed by atoms with Gasteiger partial charge in [0.05, 0.1) is 23.1 Å². The number of phenols is 1. The fourth-order valence-electron chi connectivity index (χ4n) is 5.98. The molecule has 0 bridgehead atoms. The van der Waals surface area contributed by atoms with Crippen LogP contribution >= 0.6 is 0 Å². The second-order valence-electron chi connectivity index (χ2n) is 11.3. The summed E-state index contributed by atoms with van der Waals surface area (Å²) in [6.07, 6.45) is 3.03. The molecule has 2 heterocycles. The number of fused-ring (bicyclic) bond motifs is 2. The van der Waals surface area contributed by atoms with E-state index in [1.165, 1.54) is 0 Å². The molecule has 0 fully saturated rings. The van der Waals surface area contributed by atoms with Crippen LogP contribution in [0.2, 0.25) is 0 Å². The molecule has 2 amide bonds. The Balaban J connectivity index is 1.41. The number of hydrogen-bond acceptors (Lipinski definition) is 6. The number of H-pyrrole nitrogens is 1. The minimum absolute atomic E-state index is 0.184. The average molecular weight is 569 g/mol. The first-order chi connectivity index (χ1) is 20.2. The van der Waals surface area contributed by atoms with Crippen molar-refractivity contribution in [1.29, 1.82) is 0 Å². The third-order valence-corrected chi connectivity index (χ3v) is 8.26. The van der Waals surface area contributed by atoms with Gasteiger partial charge in [-0.2, -0.15) is 0 Å². The van der Waals surface area contributed by atoms with E-state index in [4.69, 9.17) is 16.5 Å². The largest absolute Gasteiger partial charge is 0.508 e. The molecule has 9 heteroatoms. The number of rotatable bonds is 10. The normalized spacial score (nSPS) is 16.2. The van der Waals surface area contributed by atoms with Crippen LogP contribution in [0.5, 0.6) is 5.75 Å². The molecule has 220 valence electrons. The summed E-state index contributed by atoms with van der Waals surface area (Å²) in [6.45, 7) is 4.67. The molecule has 0 radical (unpaired) electrons. The monoisotopic (exact) mass is 568 g/mol. The molecule has 1 aliphatic heterocycles. The van der Waals surface area contributed by atoms with Gasteiger partial charge in [0.1, 0.15) is 17.6 Å². The molecular formula is C33H40N6O3. The fourth-order valence-corrected chi connectivity index (χ4v) is 5.98. The van der Waals surface area contributed by atoms with Gasteiger partial charge in [0.2, 0.25) is 11.8 Å². The van der Waals surface area contributed by atoms with E-state index in [-0.39, 0.29) is 23.6 Å². The number of nitrogens with two attached hydrogens (primary N) is 2. The van der Waals surface area contributed by atoms with Gasteiger partial charge in [0.25, 0.3) is 0 Å². The van der Waals surface area contributed by atoms with E-state index < -0.39 is 12.1 Å². The summed E-state index contributed by atoms with van der Waals surface area (Å²) in [4.78, 5) is 37.7. The van der Waals surface area contributed by atoms with Crippen LogP contribution in [0.25, 0.3) is 11.0 Å². The SMILES string of the molecule is Cc1cc(O)cc(C)c1C[C@H](N)C(=O)N1Cc2ccccc2C[C@H]1C(=O)N[C@@H](CCCCN)c1nc2ccccc2[nH]1. The van der Waals surface area contributed by atoms with Crippen LogP contribution in [-0.2, 0) is 29.0 Å². The predicted octanol–water partition coefficient (Wildman–Crippen LogP) is 3.70. The first kappa shape index (κ1) is 29.3. The van der Waals surface area contributed by atoms with Crippen molar-refractivity contribution in [3.63, 3.8) is 0 Å². The Morgan fingerprint density at radius 3 is 2.48 bits per heavy atom. The smallest absolute Gasteiger partial charge is 0.243 e. The molecule has 0 spiro atoms. The van der Waals surface area contributed by atoms with Gasteiger partial charge in [0.15, 0.2) is 0 Å². The number of amides is 2. The molecule has 0 saturated heterocycles. The number of nitrogens with one attached hydrogen (secondary N) is 2. The molecule has 9 nitrogen and oxygen atoms in total. The highest BCUT2D eigenvalue weighted by molar-refractivity contribution is 5.91. The van der Waals surface area contributed by atoms with Crippen molar-refractivity contribution >= 4 is 22.8 Å². The van der Waals surface area contributed by atoms with E-state index in [9.17, 15) is 14.7 Å². The lowest BCUT2D eigenvalue weighted by molar-refractivity contribution is -0.143. The Morgan fingerprint density at radius 1 is 1.07 bits per heavy atom. The number of carbonyl (C=O) groups excluding carboxylic acids is 2. The minimum Gasteiger partial charge on any atom is -0.508 e. The van der Waals surface area contributed by atoms with Gasteiger partial charge in [-0.15, -0.1) is 0 Å². The Bertz CT molecular complexity index is 1530. The van der Waals surface area contributed by atoms with Gasteiger partial charge in [-0.1, -0.05) is 36.4 Å². The van der Waals surface area contributed by atoms with E-state index in [0.717, 1.165) is 51.7 Å². The van der Waals surface area contributed by atoms with Crippen LogP contribution < -0.4 is 16.8 Å². The summed E-state index contributed by atoms with van der Waals surface area (Å²) < 4.78 is 0. The lowest BCUT2D eigenvalue weighted by Gasteiger charge is -2.38. The van der Waals surface area contributed by atoms with Crippen LogP contribution in [0.4, 0.5) is 0 Å². The Labute approximate surface area is 246 Å². The van der Waals surface area contributed by atoms with E-state index >= 15 is 0 Å². The van der Waals surface area contributed by atoms with Crippen LogP contribution in [0, 0.1) is 13.8 Å². The number of aromatic amines is 1. The standard InChI is InChI=1S/C33H40N6O3/c1-20-15-24(40)16-21(2)25(20)18-26(35)33(42)39-19-23-10-4-3-9-22(23)17-30(39)32(41)38-29(13-7-8-14-34)31-36-27-11-5-6-12-28(27)37-31/h3-6,9-12,15-16,26,29-30,40H,7-8,13-14,17-19,34-35H2,1-2H3,(H,36,37)(H,38,41)/t26-,29-,30-/m0/s1. The van der Waals surface area contributed by atoms with Crippen molar-refractivity contribution in [1.82, 2.24) is 20.2 Å². The highest BCUT2D eigenvalue weighted by Crippen LogP contribution is 2.28. The molecule has 1 aromatic heterocycles. The number of imidazole rings is 1. The fraction of sp³-hybridized carbons (Fsp3) is 0.364. The lowest BCUT2D eigenvalue weighted by Crippen LogP contribution is -2.57. The molecule has 0 aliphatic carbocycles. The van der Waals surface area contributed by atoms with Crippen LogP contribution in [-0.4, -0.2) is 50.4 Å². The number of phenolic OH excluding ortho intramolecular Hbond substituents is 1. The van der Waals surface area contributed by atoms with E-state index in [0.29, 0.717) is 38.2 Å². The number of aromatic nitrogens is 2. The van der Waals surface area contributed by atoms with E-state index in [2.05, 4.69) is 10.3 Å². The zero-order chi connectivity index (χ0) is 29.8. The number of carbonyl (C=O) groups is 2. The second-order valence-corrected chi connectivity index (χ2v) is 11.3. The maximum atomic E-state index is 14.0. The number of benzene rings is 3. The van der Waals surface area contributed by atoms with E-state index in [1.807, 2.05) is 62.4 Å². The summed E-state index contributed by atoms with van der Waals surface area (Å²) in [5.74, 6) is 0.356. The molecule has 42 heavy (non-hydrogen) atoms. The first-order valence-corrected chi connectivity index (χ1v) is 14.6. The molecule has 1 aliphatic rings. The third kappa shape index (κ3) is 6.32. The van der Waals surface area contributed by atoms with Crippen molar-refractivity contribution in [2.24, 2.45) is 11.5 Å². The maximum Gasteiger partial charge on any atom is 0.243 e. The average Bonchev–Trinajstić information content (AvgIpc) is 3.41. The molecule has 3 atom stereocenters. The summed E-state index contributed by atoms with van der Waals surface area (Å²) >= 11 is 0. The number of nitrogens with zero attached hydrogens (tertiary/aromatic N) is 2. The summed E-state index contributed by atoms with van der Waals surface area (Å²) in [5, 5.41) is 13.2. The Hall–Kier alpha value is -4.21. The van der Waals surface area contributed by atoms with Crippen LogP contribution in [0.3, 0.4) is 0 Å². The summed E-state index contributed by atoms with van der Waals surface area (Å²) in [6, 6.07) is 17.1. The Kier molecular flexibility index (Phi) is 8.89. The molecule has 0 saturated carbocycles. The van der Waals surface area contributed by atoms with Crippen molar-refractivity contribution in [3.8, 4) is 5.75 Å². The minimum atomic E-state index is -0.844. The highest BCUT2D eigenvalue weighted by Gasteiger charge is 2.37. The van der Waals surface area contributed by atoms with Gasteiger partial charge in [-0.3, -0.25) is 9.59 Å². The topological polar surface area (TPSA) is 150 Å². The van der Waals surface area contributed by atoms with Gasteiger partial charge >= 0.3 is 0 Å². The molecule has 7 N–H and O–H groups in total. The van der Waals surface area contributed by atoms with Gasteiger partial charge in [0, 0.05) is 13.0 Å². The lowest BCUT2D eigenvalue weighted by atomic mass is 9.91. The predicted molar refractivity (Wildman–Crippen MR) is 164 cm³/mol. The van der Waals surface area contributed by atoms with Crippen molar-refractivity contribution in [2.75, 3.05) is 6.54 Å². The van der Waals surface area contributed by atoms with Crippen molar-refractivity contribution in [3.05, 3.63) is 94.3 Å². The molecule has 5 rings (SSSR count). The summed E-state index contributed by atoms with van der Waals surface area (Å²) in [7, 11) is 0. The van der Waals surface area contributed by atoms with Crippen LogP contribution in [0.1, 0.15) is 58.9 Å². The number of aryl methyl sites for hydroxylation is 2. The molecule has 4 aromatic rings. The van der Waals surface area contributed by atoms with Gasteiger partial charge in [-0.05, 0) is 98.2 Å². The molecular weight excluding hydrogens is 528 g/mol.